The molecule has 0 saturated carbocycles. The Bertz CT molecular complexity index is 4070. The second-order valence-corrected chi connectivity index (χ2v) is 20.4. The molecule has 0 radical (unpaired) electrons. The number of anilines is 3. The first-order valence-corrected chi connectivity index (χ1v) is 24.8. The van der Waals surface area contributed by atoms with E-state index in [1.54, 1.807) is 0 Å². The van der Waals surface area contributed by atoms with Gasteiger partial charge in [0.2, 0.25) is 0 Å². The van der Waals surface area contributed by atoms with Crippen molar-refractivity contribution in [1.82, 2.24) is 9.13 Å². The Labute approximate surface area is 414 Å². The van der Waals surface area contributed by atoms with E-state index < -0.39 is 0 Å². The van der Waals surface area contributed by atoms with Crippen molar-refractivity contribution in [2.45, 2.75) is 38.5 Å². The monoisotopic (exact) mass is 907 g/mol. The van der Waals surface area contributed by atoms with Crippen LogP contribution in [0.1, 0.15) is 61.1 Å². The molecule has 10 aromatic carbocycles. The van der Waals surface area contributed by atoms with Crippen molar-refractivity contribution >= 4 is 60.7 Å². The molecular weight excluding hydrogens is 859 g/mol. The summed E-state index contributed by atoms with van der Waals surface area (Å²) in [4.78, 5) is 2.33. The number of benzene rings is 10. The van der Waals surface area contributed by atoms with E-state index in [0.717, 1.165) is 39.6 Å². The molecule has 2 heterocycles. The smallest absolute Gasteiger partial charge is 0.0544 e. The van der Waals surface area contributed by atoms with Crippen molar-refractivity contribution in [1.29, 1.82) is 0 Å². The molecule has 0 bridgehead atoms. The van der Waals surface area contributed by atoms with Gasteiger partial charge in [0.1, 0.15) is 0 Å². The Morgan fingerprint density at radius 2 is 0.746 bits per heavy atom. The highest BCUT2D eigenvalue weighted by atomic mass is 15.1. The zero-order valence-electron chi connectivity index (χ0n) is 40.2. The van der Waals surface area contributed by atoms with Gasteiger partial charge in [0.15, 0.2) is 0 Å². The molecule has 2 aromatic heterocycles. The van der Waals surface area contributed by atoms with E-state index in [1.165, 1.54) is 88.1 Å². The topological polar surface area (TPSA) is 13.1 Å². The van der Waals surface area contributed by atoms with Crippen molar-refractivity contribution < 1.29 is 0 Å². The van der Waals surface area contributed by atoms with Crippen molar-refractivity contribution in [2.75, 3.05) is 4.90 Å². The van der Waals surface area contributed by atoms with Gasteiger partial charge in [0.05, 0.1) is 22.1 Å². The molecule has 336 valence electrons. The van der Waals surface area contributed by atoms with Crippen LogP contribution in [0.3, 0.4) is 0 Å². The van der Waals surface area contributed by atoms with Crippen LogP contribution in [-0.4, -0.2) is 9.13 Å². The van der Waals surface area contributed by atoms with Crippen LogP contribution < -0.4 is 4.90 Å². The van der Waals surface area contributed by atoms with E-state index in [-0.39, 0.29) is 10.8 Å². The molecular formula is C68H49N3. The lowest BCUT2D eigenvalue weighted by Crippen LogP contribution is -2.15. The summed E-state index contributed by atoms with van der Waals surface area (Å²) in [7, 11) is 0. The maximum absolute atomic E-state index is 3.51. The van der Waals surface area contributed by atoms with Gasteiger partial charge in [0.25, 0.3) is 0 Å². The van der Waals surface area contributed by atoms with E-state index in [1.807, 2.05) is 0 Å². The fourth-order valence-corrected chi connectivity index (χ4v) is 12.2. The lowest BCUT2D eigenvalue weighted by molar-refractivity contribution is 0.660. The fourth-order valence-electron chi connectivity index (χ4n) is 12.2. The average molecular weight is 908 g/mol. The summed E-state index contributed by atoms with van der Waals surface area (Å²) in [5.74, 6) is 7.00. The van der Waals surface area contributed by atoms with Crippen LogP contribution in [0.2, 0.25) is 0 Å². The van der Waals surface area contributed by atoms with E-state index in [4.69, 9.17) is 0 Å². The Morgan fingerprint density at radius 1 is 0.310 bits per heavy atom. The van der Waals surface area contributed by atoms with Crippen LogP contribution in [0.15, 0.2) is 224 Å². The van der Waals surface area contributed by atoms with Crippen LogP contribution in [0.25, 0.3) is 77.2 Å². The molecule has 71 heavy (non-hydrogen) atoms. The first-order valence-electron chi connectivity index (χ1n) is 24.8. The summed E-state index contributed by atoms with van der Waals surface area (Å²) in [6.45, 7) is 9.49. The zero-order valence-corrected chi connectivity index (χ0v) is 40.2. The number of fused-ring (bicyclic) bond motifs is 12. The second kappa shape index (κ2) is 15.3. The van der Waals surface area contributed by atoms with Gasteiger partial charge in [-0.1, -0.05) is 143 Å². The molecule has 2 aliphatic carbocycles. The zero-order chi connectivity index (χ0) is 47.6. The van der Waals surface area contributed by atoms with Crippen molar-refractivity contribution in [3.05, 3.63) is 258 Å². The molecule has 0 N–H and O–H groups in total. The van der Waals surface area contributed by atoms with Gasteiger partial charge in [-0.2, -0.15) is 0 Å². The predicted molar refractivity (Wildman–Crippen MR) is 297 cm³/mol. The van der Waals surface area contributed by atoms with Crippen LogP contribution in [0, 0.1) is 11.8 Å². The minimum atomic E-state index is -0.110. The first kappa shape index (κ1) is 41.2. The lowest BCUT2D eigenvalue weighted by Gasteiger charge is -2.25. The molecule has 14 rings (SSSR count). The summed E-state index contributed by atoms with van der Waals surface area (Å²) in [6, 6.07) is 82.1. The highest BCUT2D eigenvalue weighted by molar-refractivity contribution is 6.14. The third-order valence-electron chi connectivity index (χ3n) is 15.7. The summed E-state index contributed by atoms with van der Waals surface area (Å²) in [5, 5.41) is 5.01. The highest BCUT2D eigenvalue weighted by Crippen LogP contribution is 2.54. The molecule has 0 aliphatic heterocycles. The molecule has 3 heteroatoms. The molecule has 2 aliphatic rings. The third-order valence-corrected chi connectivity index (χ3v) is 15.7. The summed E-state index contributed by atoms with van der Waals surface area (Å²) < 4.78 is 4.86. The number of hydrogen-bond acceptors (Lipinski definition) is 1. The normalized spacial score (nSPS) is 13.7. The van der Waals surface area contributed by atoms with E-state index in [2.05, 4.69) is 278 Å². The van der Waals surface area contributed by atoms with Crippen LogP contribution >= 0.6 is 0 Å². The van der Waals surface area contributed by atoms with Gasteiger partial charge in [-0.05, 0) is 166 Å². The maximum Gasteiger partial charge on any atom is 0.0544 e. The Balaban J connectivity index is 0.829. The first-order chi connectivity index (χ1) is 34.7. The number of rotatable bonds is 5. The largest absolute Gasteiger partial charge is 0.310 e. The van der Waals surface area contributed by atoms with Crippen LogP contribution in [-0.2, 0) is 10.8 Å². The molecule has 0 amide bonds. The Hall–Kier alpha value is -8.84. The van der Waals surface area contributed by atoms with Gasteiger partial charge < -0.3 is 14.0 Å². The van der Waals surface area contributed by atoms with Gasteiger partial charge >= 0.3 is 0 Å². The molecule has 0 atom stereocenters. The van der Waals surface area contributed by atoms with E-state index >= 15 is 0 Å². The van der Waals surface area contributed by atoms with Gasteiger partial charge in [-0.3, -0.25) is 0 Å². The second-order valence-electron chi connectivity index (χ2n) is 20.4. The van der Waals surface area contributed by atoms with E-state index in [9.17, 15) is 0 Å². The maximum atomic E-state index is 3.51. The molecule has 3 nitrogen and oxygen atoms in total. The van der Waals surface area contributed by atoms with Gasteiger partial charge in [0, 0.05) is 71.9 Å². The quantitative estimate of drug-likeness (QED) is 0.157. The number of hydrogen-bond donors (Lipinski definition) is 0. The number of para-hydroxylation sites is 3. The Kier molecular flexibility index (Phi) is 8.89. The summed E-state index contributed by atoms with van der Waals surface area (Å²) >= 11 is 0. The molecule has 0 fully saturated rings. The minimum absolute atomic E-state index is 0.110. The predicted octanol–water partition coefficient (Wildman–Crippen LogP) is 17.4. The van der Waals surface area contributed by atoms with Crippen LogP contribution in [0.4, 0.5) is 17.1 Å². The number of nitrogens with zero attached hydrogens (tertiary/aromatic N) is 3. The van der Waals surface area contributed by atoms with Crippen molar-refractivity contribution in [2.24, 2.45) is 0 Å². The van der Waals surface area contributed by atoms with Gasteiger partial charge in [-0.15, -0.1) is 0 Å². The van der Waals surface area contributed by atoms with Gasteiger partial charge in [-0.25, -0.2) is 0 Å². The van der Waals surface area contributed by atoms with Crippen LogP contribution in [0.5, 0.6) is 0 Å². The fraction of sp³-hybridized carbons (Fsp3) is 0.0882. The molecule has 0 unspecified atom stereocenters. The summed E-state index contributed by atoms with van der Waals surface area (Å²) in [6.07, 6.45) is 0. The van der Waals surface area contributed by atoms with Crippen molar-refractivity contribution in [3.63, 3.8) is 0 Å². The summed E-state index contributed by atoms with van der Waals surface area (Å²) in [5.41, 5.74) is 23.0. The highest BCUT2D eigenvalue weighted by Gasteiger charge is 2.38. The lowest BCUT2D eigenvalue weighted by atomic mass is 9.82. The average Bonchev–Trinajstić information content (AvgIpc) is 4.07. The molecule has 12 aromatic rings. The third kappa shape index (κ3) is 6.18. The molecule has 0 saturated heterocycles. The van der Waals surface area contributed by atoms with Crippen molar-refractivity contribution in [3.8, 4) is 45.5 Å². The Morgan fingerprint density at radius 3 is 1.35 bits per heavy atom. The standard InChI is InChI=1S/C68H49N3/c1-67(2)59-24-14-11-21-51(59)54-40-57-58-41-55-52-22-12-15-25-60(52)68(3,4)62(55)43-66(58)71(65(57)42-61(54)67)49-35-31-45(32-36-49)28-27-44-29-33-48(34-30-44)69(46-17-7-5-8-18-46)50-37-38-64-56(39-50)53-23-13-16-26-63(53)70(64)47-19-9-6-10-20-47/h5-26,29-43H,1-4H3. The SMILES string of the molecule is CC1(C)c2ccccc2-c2cc3c4cc5c(cc4n(-c4ccc(C#Cc6ccc(N(c7ccccc7)c7ccc8c(c7)c7ccccc7n8-c7ccccc7)cc6)cc4)c3cc21)C(C)(C)c1ccccc1-5. The minimum Gasteiger partial charge on any atom is -0.310 e. The molecule has 0 spiro atoms. The van der Waals surface area contributed by atoms with E-state index in [0.29, 0.717) is 0 Å². The number of aromatic nitrogens is 2.